The van der Waals surface area contributed by atoms with Crippen molar-refractivity contribution in [2.75, 3.05) is 7.11 Å². The van der Waals surface area contributed by atoms with E-state index < -0.39 is 5.41 Å². The quantitative estimate of drug-likeness (QED) is 0.883. The number of ether oxygens (including phenoxy) is 1. The maximum absolute atomic E-state index is 11.9. The second kappa shape index (κ2) is 4.69. The third kappa shape index (κ3) is 2.30. The van der Waals surface area contributed by atoms with E-state index in [2.05, 4.69) is 11.4 Å². The topological polar surface area (TPSA) is 62.1 Å². The van der Waals surface area contributed by atoms with Crippen LogP contribution in [-0.4, -0.2) is 13.0 Å². The van der Waals surface area contributed by atoms with E-state index in [0.717, 1.165) is 11.3 Å². The molecule has 1 aliphatic rings. The summed E-state index contributed by atoms with van der Waals surface area (Å²) in [6, 6.07) is 9.53. The van der Waals surface area contributed by atoms with E-state index >= 15 is 0 Å². The smallest absolute Gasteiger partial charge is 0.240 e. The SMILES string of the molecule is COc1ccc(C(C)NC(=O)C2(C#N)CC2)cc1. The molecule has 0 aliphatic heterocycles. The Labute approximate surface area is 107 Å². The molecule has 18 heavy (non-hydrogen) atoms. The molecule has 1 amide bonds. The van der Waals surface area contributed by atoms with Gasteiger partial charge in [-0.1, -0.05) is 12.1 Å². The Balaban J connectivity index is 2.01. The zero-order valence-electron chi connectivity index (χ0n) is 10.6. The van der Waals surface area contributed by atoms with Crippen molar-refractivity contribution in [3.63, 3.8) is 0 Å². The third-order valence-corrected chi connectivity index (χ3v) is 3.36. The molecule has 94 valence electrons. The molecule has 1 aliphatic carbocycles. The van der Waals surface area contributed by atoms with Crippen molar-refractivity contribution in [2.45, 2.75) is 25.8 Å². The van der Waals surface area contributed by atoms with Crippen LogP contribution < -0.4 is 10.1 Å². The Hall–Kier alpha value is -2.02. The molecule has 0 aromatic heterocycles. The van der Waals surface area contributed by atoms with Crippen molar-refractivity contribution in [3.05, 3.63) is 29.8 Å². The van der Waals surface area contributed by atoms with Crippen molar-refractivity contribution in [2.24, 2.45) is 5.41 Å². The summed E-state index contributed by atoms with van der Waals surface area (Å²) in [5.74, 6) is 0.626. The Morgan fingerprint density at radius 3 is 2.50 bits per heavy atom. The van der Waals surface area contributed by atoms with Crippen molar-refractivity contribution < 1.29 is 9.53 Å². The van der Waals surface area contributed by atoms with Gasteiger partial charge in [0.2, 0.25) is 5.91 Å². The molecule has 1 N–H and O–H groups in total. The van der Waals surface area contributed by atoms with E-state index in [9.17, 15) is 4.79 Å². The molecule has 0 bridgehead atoms. The molecule has 1 fully saturated rings. The number of hydrogen-bond acceptors (Lipinski definition) is 3. The van der Waals surface area contributed by atoms with Crippen LogP contribution in [0.15, 0.2) is 24.3 Å². The summed E-state index contributed by atoms with van der Waals surface area (Å²) in [4.78, 5) is 11.9. The number of nitrogens with one attached hydrogen (secondary N) is 1. The monoisotopic (exact) mass is 244 g/mol. The first-order chi connectivity index (χ1) is 8.61. The molecule has 1 saturated carbocycles. The van der Waals surface area contributed by atoms with Crippen LogP contribution >= 0.6 is 0 Å². The predicted molar refractivity (Wildman–Crippen MR) is 66.8 cm³/mol. The fourth-order valence-corrected chi connectivity index (χ4v) is 1.83. The van der Waals surface area contributed by atoms with Gasteiger partial charge in [0, 0.05) is 0 Å². The predicted octanol–water partition coefficient (Wildman–Crippen LogP) is 2.18. The van der Waals surface area contributed by atoms with Gasteiger partial charge in [0.15, 0.2) is 0 Å². The molecule has 1 aromatic carbocycles. The van der Waals surface area contributed by atoms with Gasteiger partial charge in [-0.2, -0.15) is 5.26 Å². The summed E-state index contributed by atoms with van der Waals surface area (Å²) in [6.45, 7) is 1.91. The fourth-order valence-electron chi connectivity index (χ4n) is 1.83. The zero-order valence-corrected chi connectivity index (χ0v) is 10.6. The van der Waals surface area contributed by atoms with Gasteiger partial charge in [-0.05, 0) is 37.5 Å². The van der Waals surface area contributed by atoms with Crippen LogP contribution in [0.1, 0.15) is 31.4 Å². The van der Waals surface area contributed by atoms with Crippen LogP contribution in [0.2, 0.25) is 0 Å². The van der Waals surface area contributed by atoms with Crippen LogP contribution in [0.3, 0.4) is 0 Å². The first kappa shape index (κ1) is 12.4. The van der Waals surface area contributed by atoms with Gasteiger partial charge in [-0.25, -0.2) is 0 Å². The van der Waals surface area contributed by atoms with E-state index in [1.54, 1.807) is 7.11 Å². The lowest BCUT2D eigenvalue weighted by Crippen LogP contribution is -2.33. The molecule has 0 radical (unpaired) electrons. The number of carbonyl (C=O) groups excluding carboxylic acids is 1. The Kier molecular flexibility index (Phi) is 3.24. The van der Waals surface area contributed by atoms with Crippen LogP contribution in [-0.2, 0) is 4.79 Å². The third-order valence-electron chi connectivity index (χ3n) is 3.36. The van der Waals surface area contributed by atoms with Gasteiger partial charge in [0.25, 0.3) is 0 Å². The van der Waals surface area contributed by atoms with Crippen molar-refractivity contribution in [1.82, 2.24) is 5.32 Å². The Morgan fingerprint density at radius 2 is 2.06 bits per heavy atom. The normalized spacial score (nSPS) is 17.4. The summed E-state index contributed by atoms with van der Waals surface area (Å²) >= 11 is 0. The van der Waals surface area contributed by atoms with E-state index in [4.69, 9.17) is 10.00 Å². The van der Waals surface area contributed by atoms with Gasteiger partial charge in [0.1, 0.15) is 11.2 Å². The van der Waals surface area contributed by atoms with E-state index in [1.165, 1.54) is 0 Å². The minimum Gasteiger partial charge on any atom is -0.497 e. The molecule has 4 heteroatoms. The lowest BCUT2D eigenvalue weighted by atomic mass is 10.1. The van der Waals surface area contributed by atoms with Crippen LogP contribution in [0.4, 0.5) is 0 Å². The van der Waals surface area contributed by atoms with Crippen LogP contribution in [0.5, 0.6) is 5.75 Å². The Morgan fingerprint density at radius 1 is 1.44 bits per heavy atom. The number of methoxy groups -OCH3 is 1. The second-order valence-electron chi connectivity index (χ2n) is 4.66. The Bertz CT molecular complexity index is 484. The average molecular weight is 244 g/mol. The lowest BCUT2D eigenvalue weighted by Gasteiger charge is -2.16. The summed E-state index contributed by atoms with van der Waals surface area (Å²) in [5.41, 5.74) is 0.235. The van der Waals surface area contributed by atoms with E-state index in [0.29, 0.717) is 12.8 Å². The largest absolute Gasteiger partial charge is 0.497 e. The standard InChI is InChI=1S/C14H16N2O2/c1-10(11-3-5-12(18-2)6-4-11)16-13(17)14(9-15)7-8-14/h3-6,10H,7-8H2,1-2H3,(H,16,17). The molecule has 1 atom stereocenters. The molecule has 1 unspecified atom stereocenters. The number of nitrogens with zero attached hydrogens (tertiary/aromatic N) is 1. The molecular weight excluding hydrogens is 228 g/mol. The molecular formula is C14H16N2O2. The fraction of sp³-hybridized carbons (Fsp3) is 0.429. The van der Waals surface area contributed by atoms with Gasteiger partial charge < -0.3 is 10.1 Å². The second-order valence-corrected chi connectivity index (χ2v) is 4.66. The maximum atomic E-state index is 11.9. The van der Waals surface area contributed by atoms with Crippen molar-refractivity contribution in [3.8, 4) is 11.8 Å². The minimum absolute atomic E-state index is 0.103. The summed E-state index contributed by atoms with van der Waals surface area (Å²) in [5, 5.41) is 11.8. The van der Waals surface area contributed by atoms with Crippen molar-refractivity contribution >= 4 is 5.91 Å². The molecule has 2 rings (SSSR count). The molecule has 1 aromatic rings. The highest BCUT2D eigenvalue weighted by Crippen LogP contribution is 2.45. The zero-order chi connectivity index (χ0) is 13.2. The highest BCUT2D eigenvalue weighted by molar-refractivity contribution is 5.88. The van der Waals surface area contributed by atoms with Crippen LogP contribution in [0.25, 0.3) is 0 Å². The summed E-state index contributed by atoms with van der Waals surface area (Å²) < 4.78 is 5.08. The van der Waals surface area contributed by atoms with Gasteiger partial charge in [0.05, 0.1) is 19.2 Å². The summed E-state index contributed by atoms with van der Waals surface area (Å²) in [7, 11) is 1.62. The highest BCUT2D eigenvalue weighted by Gasteiger charge is 2.50. The van der Waals surface area contributed by atoms with E-state index in [-0.39, 0.29) is 11.9 Å². The first-order valence-corrected chi connectivity index (χ1v) is 5.97. The minimum atomic E-state index is -0.763. The molecule has 0 spiro atoms. The number of hydrogen-bond donors (Lipinski definition) is 1. The number of rotatable bonds is 4. The van der Waals surface area contributed by atoms with Gasteiger partial charge in [-0.3, -0.25) is 4.79 Å². The van der Waals surface area contributed by atoms with Gasteiger partial charge in [-0.15, -0.1) is 0 Å². The highest BCUT2D eigenvalue weighted by atomic mass is 16.5. The lowest BCUT2D eigenvalue weighted by molar-refractivity contribution is -0.125. The summed E-state index contributed by atoms with van der Waals surface area (Å²) in [6.07, 6.45) is 1.34. The van der Waals surface area contributed by atoms with Crippen LogP contribution in [0, 0.1) is 16.7 Å². The number of carbonyl (C=O) groups is 1. The first-order valence-electron chi connectivity index (χ1n) is 5.97. The van der Waals surface area contributed by atoms with Gasteiger partial charge >= 0.3 is 0 Å². The number of benzene rings is 1. The molecule has 4 nitrogen and oxygen atoms in total. The molecule has 0 heterocycles. The number of amides is 1. The molecule has 0 saturated heterocycles. The average Bonchev–Trinajstić information content (AvgIpc) is 3.19. The van der Waals surface area contributed by atoms with E-state index in [1.807, 2.05) is 31.2 Å². The van der Waals surface area contributed by atoms with Crippen molar-refractivity contribution in [1.29, 1.82) is 5.26 Å². The number of nitriles is 1. The maximum Gasteiger partial charge on any atom is 0.240 e.